The number of nitrogens with one attached hydrogen (secondary N) is 2. The van der Waals surface area contributed by atoms with Crippen LogP contribution in [0.25, 0.3) is 0 Å². The molecule has 0 radical (unpaired) electrons. The van der Waals surface area contributed by atoms with E-state index in [2.05, 4.69) is 83.0 Å². The summed E-state index contributed by atoms with van der Waals surface area (Å²) in [5.41, 5.74) is 2.46. The van der Waals surface area contributed by atoms with E-state index >= 15 is 0 Å². The first kappa shape index (κ1) is 21.7. The molecular formula is C21H34BN3O2S. The molecule has 0 aliphatic carbocycles. The van der Waals surface area contributed by atoms with Gasteiger partial charge in [-0.25, -0.2) is 0 Å². The van der Waals surface area contributed by atoms with Gasteiger partial charge in [-0.05, 0) is 78.7 Å². The van der Waals surface area contributed by atoms with Gasteiger partial charge in [-0.1, -0.05) is 12.1 Å². The molecule has 1 atom stereocenters. The Kier molecular flexibility index (Phi) is 5.94. The summed E-state index contributed by atoms with van der Waals surface area (Å²) in [6.07, 6.45) is 4.03. The highest BCUT2D eigenvalue weighted by Crippen LogP contribution is 2.38. The molecule has 0 bridgehead atoms. The van der Waals surface area contributed by atoms with Crippen molar-refractivity contribution in [1.29, 1.82) is 0 Å². The predicted octanol–water partition coefficient (Wildman–Crippen LogP) is 3.34. The van der Waals surface area contributed by atoms with Gasteiger partial charge in [-0.15, -0.1) is 0 Å². The minimum Gasteiger partial charge on any atom is -0.399 e. The van der Waals surface area contributed by atoms with Crippen LogP contribution in [0.2, 0.25) is 0 Å². The molecule has 0 saturated carbocycles. The Morgan fingerprint density at radius 1 is 1.07 bits per heavy atom. The molecule has 4 rings (SSSR count). The number of nitrogens with zero attached hydrogens (tertiary/aromatic N) is 1. The quantitative estimate of drug-likeness (QED) is 0.524. The third-order valence-corrected chi connectivity index (χ3v) is 6.28. The molecule has 154 valence electrons. The van der Waals surface area contributed by atoms with Gasteiger partial charge in [0.05, 0.1) is 22.8 Å². The fourth-order valence-electron chi connectivity index (χ4n) is 3.93. The summed E-state index contributed by atoms with van der Waals surface area (Å²) < 4.78 is 12.5. The highest BCUT2D eigenvalue weighted by molar-refractivity contribution is 7.79. The van der Waals surface area contributed by atoms with Crippen molar-refractivity contribution in [1.82, 2.24) is 5.32 Å². The lowest BCUT2D eigenvalue weighted by molar-refractivity contribution is 0.00578. The fraction of sp³-hybridized carbons (Fsp3) is 0.667. The summed E-state index contributed by atoms with van der Waals surface area (Å²) in [4.78, 5) is 4.99. The second-order valence-electron chi connectivity index (χ2n) is 9.22. The zero-order chi connectivity index (χ0) is 20.7. The second kappa shape index (κ2) is 7.67. The number of anilines is 1. The first-order chi connectivity index (χ1) is 13.1. The number of aliphatic imine (C=N–C) groups is 1. The van der Waals surface area contributed by atoms with Gasteiger partial charge in [0.15, 0.2) is 0 Å². The highest BCUT2D eigenvalue weighted by Gasteiger charge is 2.52. The number of hydrogen-bond donors (Lipinski definition) is 3. The Bertz CT molecular complexity index is 742. The third kappa shape index (κ3) is 3.86. The summed E-state index contributed by atoms with van der Waals surface area (Å²) in [6.45, 7) is 13.8. The topological polar surface area (TPSA) is 54.9 Å². The molecule has 3 aliphatic heterocycles. The monoisotopic (exact) mass is 403 g/mol. The first-order valence-corrected chi connectivity index (χ1v) is 11.0. The largest absolute Gasteiger partial charge is 0.494 e. The zero-order valence-corrected chi connectivity index (χ0v) is 19.1. The number of rotatable bonds is 2. The molecule has 7 heteroatoms. The number of thiol groups is 1. The average molecular weight is 403 g/mol. The van der Waals surface area contributed by atoms with Crippen LogP contribution >= 0.6 is 12.6 Å². The SMILES string of the molecule is CC1(C)N=C([C@@H]2CCCN2)Nc2cc(B3OC(C)(C)C(C)(C)O3)ccc21.CS. The maximum absolute atomic E-state index is 6.23. The Morgan fingerprint density at radius 3 is 2.29 bits per heavy atom. The van der Waals surface area contributed by atoms with Crippen LogP contribution in [-0.2, 0) is 14.8 Å². The van der Waals surface area contributed by atoms with Crippen molar-refractivity contribution < 1.29 is 9.31 Å². The molecule has 0 aromatic heterocycles. The Morgan fingerprint density at radius 2 is 1.71 bits per heavy atom. The molecular weight excluding hydrogens is 369 g/mol. The molecule has 3 heterocycles. The average Bonchev–Trinajstić information content (AvgIpc) is 3.22. The standard InChI is InChI=1S/C20H30BN3O2.CH4S/c1-18(2)14-10-9-13(21-25-19(3,4)20(5,6)26-21)12-16(14)23-17(24-18)15-8-7-11-22-15;1-2/h9-10,12,15,22H,7-8,11H2,1-6H3,(H,23,24);2H,1H3/t15-;/m0./s1. The van der Waals surface area contributed by atoms with E-state index in [1.54, 1.807) is 6.26 Å². The van der Waals surface area contributed by atoms with Gasteiger partial charge in [0.2, 0.25) is 0 Å². The lowest BCUT2D eigenvalue weighted by Gasteiger charge is -2.33. The lowest BCUT2D eigenvalue weighted by Crippen LogP contribution is -2.42. The predicted molar refractivity (Wildman–Crippen MR) is 122 cm³/mol. The number of benzene rings is 1. The maximum atomic E-state index is 6.23. The van der Waals surface area contributed by atoms with Crippen molar-refractivity contribution in [2.45, 2.75) is 77.2 Å². The first-order valence-electron chi connectivity index (χ1n) is 10.1. The van der Waals surface area contributed by atoms with Crippen LogP contribution in [0.15, 0.2) is 23.2 Å². The summed E-state index contributed by atoms with van der Waals surface area (Å²) in [5, 5.41) is 7.12. The van der Waals surface area contributed by atoms with Crippen LogP contribution in [0.1, 0.15) is 59.9 Å². The van der Waals surface area contributed by atoms with Crippen LogP contribution in [0.4, 0.5) is 5.69 Å². The van der Waals surface area contributed by atoms with E-state index in [-0.39, 0.29) is 23.9 Å². The Labute approximate surface area is 175 Å². The van der Waals surface area contributed by atoms with Crippen molar-refractivity contribution in [2.75, 3.05) is 18.1 Å². The van der Waals surface area contributed by atoms with Gasteiger partial charge >= 0.3 is 7.12 Å². The van der Waals surface area contributed by atoms with E-state index in [4.69, 9.17) is 14.3 Å². The van der Waals surface area contributed by atoms with Gasteiger partial charge in [0.1, 0.15) is 5.84 Å². The molecule has 1 aromatic carbocycles. The Balaban J connectivity index is 0.00000109. The fourth-order valence-corrected chi connectivity index (χ4v) is 3.93. The van der Waals surface area contributed by atoms with Crippen LogP contribution in [-0.4, -0.2) is 43.0 Å². The molecule has 2 N–H and O–H groups in total. The van der Waals surface area contributed by atoms with Crippen molar-refractivity contribution in [3.63, 3.8) is 0 Å². The lowest BCUT2D eigenvalue weighted by atomic mass is 9.77. The molecule has 1 aromatic rings. The van der Waals surface area contributed by atoms with Crippen molar-refractivity contribution in [3.8, 4) is 0 Å². The minimum atomic E-state index is -0.345. The summed E-state index contributed by atoms with van der Waals surface area (Å²) >= 11 is 3.53. The minimum absolute atomic E-state index is 0.241. The van der Waals surface area contributed by atoms with E-state index in [9.17, 15) is 0 Å². The van der Waals surface area contributed by atoms with Crippen molar-refractivity contribution >= 4 is 36.7 Å². The van der Waals surface area contributed by atoms with E-state index in [1.165, 1.54) is 12.0 Å². The molecule has 3 aliphatic rings. The third-order valence-electron chi connectivity index (χ3n) is 6.28. The molecule has 0 unspecified atom stereocenters. The molecule has 28 heavy (non-hydrogen) atoms. The van der Waals surface area contributed by atoms with Crippen LogP contribution < -0.4 is 16.1 Å². The van der Waals surface area contributed by atoms with Gasteiger partial charge < -0.3 is 19.9 Å². The zero-order valence-electron chi connectivity index (χ0n) is 18.2. The van der Waals surface area contributed by atoms with Crippen molar-refractivity contribution in [3.05, 3.63) is 23.8 Å². The Hall–Kier alpha value is -1.02. The van der Waals surface area contributed by atoms with Crippen LogP contribution in [0.5, 0.6) is 0 Å². The smallest absolute Gasteiger partial charge is 0.399 e. The molecule has 0 amide bonds. The van der Waals surface area contributed by atoms with Gasteiger partial charge in [-0.2, -0.15) is 12.6 Å². The molecule has 5 nitrogen and oxygen atoms in total. The maximum Gasteiger partial charge on any atom is 0.494 e. The second-order valence-corrected chi connectivity index (χ2v) is 9.22. The van der Waals surface area contributed by atoms with Crippen LogP contribution in [0.3, 0.4) is 0 Å². The van der Waals surface area contributed by atoms with Gasteiger partial charge in [0, 0.05) is 11.3 Å². The number of amidine groups is 1. The summed E-state index contributed by atoms with van der Waals surface area (Å²) in [6, 6.07) is 6.76. The van der Waals surface area contributed by atoms with Gasteiger partial charge in [0.25, 0.3) is 0 Å². The molecule has 2 fully saturated rings. The normalized spacial score (nSPS) is 26.6. The molecule has 0 spiro atoms. The summed E-state index contributed by atoms with van der Waals surface area (Å²) in [5.74, 6) is 1.05. The van der Waals surface area contributed by atoms with Crippen LogP contribution in [0, 0.1) is 0 Å². The van der Waals surface area contributed by atoms with Gasteiger partial charge in [-0.3, -0.25) is 4.99 Å². The summed E-state index contributed by atoms with van der Waals surface area (Å²) in [7, 11) is -0.345. The van der Waals surface area contributed by atoms with E-state index < -0.39 is 0 Å². The van der Waals surface area contributed by atoms with E-state index in [1.807, 2.05) is 0 Å². The van der Waals surface area contributed by atoms with Crippen molar-refractivity contribution in [2.24, 2.45) is 4.99 Å². The van der Waals surface area contributed by atoms with E-state index in [0.29, 0.717) is 6.04 Å². The van der Waals surface area contributed by atoms with E-state index in [0.717, 1.165) is 30.0 Å². The number of fused-ring (bicyclic) bond motifs is 1. The number of hydrogen-bond acceptors (Lipinski definition) is 6. The molecule has 2 saturated heterocycles. The highest BCUT2D eigenvalue weighted by atomic mass is 32.1.